The van der Waals surface area contributed by atoms with Gasteiger partial charge in [0.25, 0.3) is 0 Å². The highest BCUT2D eigenvalue weighted by Crippen LogP contribution is 2.25. The van der Waals surface area contributed by atoms with Crippen LogP contribution in [-0.4, -0.2) is 41.5 Å². The molecule has 0 unspecified atom stereocenters. The van der Waals surface area contributed by atoms with Crippen LogP contribution in [0.4, 0.5) is 5.69 Å². The van der Waals surface area contributed by atoms with Gasteiger partial charge in [0.05, 0.1) is 25.6 Å². The van der Waals surface area contributed by atoms with Crippen LogP contribution < -0.4 is 15.2 Å². The largest absolute Gasteiger partial charge is 0.495 e. The number of hydrogen-bond donors (Lipinski definition) is 1. The fourth-order valence-electron chi connectivity index (χ4n) is 2.61. The number of fused-ring (bicyclic) bond motifs is 1. The number of pyridine rings is 1. The number of nitrogen functional groups attached to an aromatic ring is 1. The van der Waals surface area contributed by atoms with Gasteiger partial charge in [-0.15, -0.1) is 0 Å². The number of methoxy groups -OCH3 is 1. The molecule has 0 radical (unpaired) electrons. The van der Waals surface area contributed by atoms with E-state index in [1.165, 1.54) is 13.3 Å². The number of nitrogens with zero attached hydrogens (tertiary/aromatic N) is 2. The second kappa shape index (κ2) is 7.77. The molecule has 2 aromatic heterocycles. The topological polar surface area (TPSA) is 105 Å². The molecule has 8 heteroatoms. The van der Waals surface area contributed by atoms with Crippen LogP contribution >= 0.6 is 0 Å². The van der Waals surface area contributed by atoms with E-state index in [0.717, 1.165) is 0 Å². The van der Waals surface area contributed by atoms with Crippen LogP contribution in [0.3, 0.4) is 0 Å². The summed E-state index contributed by atoms with van der Waals surface area (Å²) in [6, 6.07) is 8.18. The molecular formula is C19H19N3O5. The first-order chi connectivity index (χ1) is 13.0. The van der Waals surface area contributed by atoms with E-state index in [9.17, 15) is 9.59 Å². The average Bonchev–Trinajstić information content (AvgIpc) is 3.11. The van der Waals surface area contributed by atoms with Gasteiger partial charge in [-0.3, -0.25) is 9.20 Å². The van der Waals surface area contributed by atoms with Gasteiger partial charge >= 0.3 is 5.97 Å². The summed E-state index contributed by atoms with van der Waals surface area (Å²) in [4.78, 5) is 28.6. The van der Waals surface area contributed by atoms with E-state index < -0.39 is 5.97 Å². The zero-order chi connectivity index (χ0) is 19.4. The average molecular weight is 369 g/mol. The lowest BCUT2D eigenvalue weighted by Gasteiger charge is -2.09. The molecule has 0 fully saturated rings. The van der Waals surface area contributed by atoms with Crippen LogP contribution in [0.15, 0.2) is 42.7 Å². The van der Waals surface area contributed by atoms with Gasteiger partial charge in [0.1, 0.15) is 17.0 Å². The number of carbonyl (C=O) groups is 2. The molecule has 3 rings (SSSR count). The first-order valence-electron chi connectivity index (χ1n) is 8.27. The van der Waals surface area contributed by atoms with E-state index in [-0.39, 0.29) is 24.8 Å². The number of carbonyl (C=O) groups excluding carboxylic acids is 2. The fraction of sp³-hybridized carbons (Fsp3) is 0.211. The number of anilines is 1. The molecule has 0 atom stereocenters. The molecule has 0 aliphatic carbocycles. The summed E-state index contributed by atoms with van der Waals surface area (Å²) in [7, 11) is 1.48. The molecule has 0 saturated heterocycles. The fourth-order valence-corrected chi connectivity index (χ4v) is 2.61. The standard InChI is InChI=1S/C19H19N3O5/c1-3-26-17(23)11-27-15-5-4-8-22-14(15)10-21-19(22)18(24)12-6-7-13(20)16(9-12)25-2/h4-10H,3,11,20H2,1-2H3. The first-order valence-corrected chi connectivity index (χ1v) is 8.27. The third-order valence-corrected chi connectivity index (χ3v) is 3.88. The highest BCUT2D eigenvalue weighted by molar-refractivity contribution is 6.07. The van der Waals surface area contributed by atoms with Gasteiger partial charge in [-0.1, -0.05) is 0 Å². The van der Waals surface area contributed by atoms with Crippen molar-refractivity contribution < 1.29 is 23.8 Å². The molecule has 140 valence electrons. The Labute approximate surface area is 155 Å². The van der Waals surface area contributed by atoms with Crippen molar-refractivity contribution in [3.05, 3.63) is 54.1 Å². The molecule has 2 N–H and O–H groups in total. The third kappa shape index (κ3) is 3.69. The number of esters is 1. The number of aromatic nitrogens is 2. The summed E-state index contributed by atoms with van der Waals surface area (Å²) >= 11 is 0. The van der Waals surface area contributed by atoms with E-state index in [2.05, 4.69) is 4.98 Å². The lowest BCUT2D eigenvalue weighted by atomic mass is 10.1. The maximum Gasteiger partial charge on any atom is 0.344 e. The number of nitrogens with two attached hydrogens (primary N) is 1. The summed E-state index contributed by atoms with van der Waals surface area (Å²) in [6.45, 7) is 1.78. The maximum absolute atomic E-state index is 12.9. The zero-order valence-corrected chi connectivity index (χ0v) is 15.0. The lowest BCUT2D eigenvalue weighted by Crippen LogP contribution is -2.15. The van der Waals surface area contributed by atoms with Crippen molar-refractivity contribution in [2.45, 2.75) is 6.92 Å². The van der Waals surface area contributed by atoms with Crippen molar-refractivity contribution in [3.8, 4) is 11.5 Å². The van der Waals surface area contributed by atoms with Gasteiger partial charge in [-0.2, -0.15) is 0 Å². The van der Waals surface area contributed by atoms with Crippen LogP contribution in [0.5, 0.6) is 11.5 Å². The van der Waals surface area contributed by atoms with Crippen LogP contribution in [0.2, 0.25) is 0 Å². The molecule has 0 saturated carbocycles. The number of hydrogen-bond acceptors (Lipinski definition) is 7. The minimum Gasteiger partial charge on any atom is -0.495 e. The lowest BCUT2D eigenvalue weighted by molar-refractivity contribution is -0.145. The second-order valence-electron chi connectivity index (χ2n) is 5.59. The van der Waals surface area contributed by atoms with Crippen LogP contribution in [0, 0.1) is 0 Å². The van der Waals surface area contributed by atoms with Gasteiger partial charge in [0, 0.05) is 11.8 Å². The molecule has 0 aliphatic heterocycles. The molecule has 0 amide bonds. The highest BCUT2D eigenvalue weighted by Gasteiger charge is 2.18. The Morgan fingerprint density at radius 3 is 2.78 bits per heavy atom. The SMILES string of the molecule is CCOC(=O)COc1cccn2c(C(=O)c3ccc(N)c(OC)c3)ncc12. The van der Waals surface area contributed by atoms with Gasteiger partial charge in [-0.05, 0) is 37.3 Å². The van der Waals surface area contributed by atoms with Gasteiger partial charge in [0.15, 0.2) is 12.4 Å². The minimum absolute atomic E-state index is 0.207. The smallest absolute Gasteiger partial charge is 0.344 e. The number of ether oxygens (including phenoxy) is 3. The van der Waals surface area contributed by atoms with Crippen molar-refractivity contribution in [3.63, 3.8) is 0 Å². The Morgan fingerprint density at radius 2 is 2.04 bits per heavy atom. The summed E-state index contributed by atoms with van der Waals surface area (Å²) < 4.78 is 17.1. The van der Waals surface area contributed by atoms with E-state index in [4.69, 9.17) is 19.9 Å². The van der Waals surface area contributed by atoms with E-state index in [1.54, 1.807) is 47.9 Å². The molecule has 0 aliphatic rings. The maximum atomic E-state index is 12.9. The Bertz CT molecular complexity index is 996. The van der Waals surface area contributed by atoms with E-state index in [0.29, 0.717) is 28.3 Å². The molecule has 8 nitrogen and oxygen atoms in total. The Balaban J connectivity index is 1.91. The summed E-state index contributed by atoms with van der Waals surface area (Å²) in [6.07, 6.45) is 3.21. The first kappa shape index (κ1) is 18.2. The number of ketones is 1. The highest BCUT2D eigenvalue weighted by atomic mass is 16.6. The van der Waals surface area contributed by atoms with Gasteiger partial charge in [0.2, 0.25) is 5.78 Å². The molecule has 1 aromatic carbocycles. The molecule has 2 heterocycles. The van der Waals surface area contributed by atoms with Crippen molar-refractivity contribution in [1.29, 1.82) is 0 Å². The normalized spacial score (nSPS) is 10.6. The predicted octanol–water partition coefficient (Wildman–Crippen LogP) is 2.10. The Kier molecular flexibility index (Phi) is 5.25. The quantitative estimate of drug-likeness (QED) is 0.386. The zero-order valence-electron chi connectivity index (χ0n) is 15.0. The third-order valence-electron chi connectivity index (χ3n) is 3.88. The summed E-state index contributed by atoms with van der Waals surface area (Å²) in [5, 5.41) is 0. The van der Waals surface area contributed by atoms with Crippen LogP contribution in [0.25, 0.3) is 5.52 Å². The number of benzene rings is 1. The van der Waals surface area contributed by atoms with Crippen LogP contribution in [0.1, 0.15) is 23.1 Å². The molecule has 0 spiro atoms. The molecule has 27 heavy (non-hydrogen) atoms. The number of rotatable bonds is 7. The molecule has 3 aromatic rings. The Morgan fingerprint density at radius 1 is 1.22 bits per heavy atom. The number of imidazole rings is 1. The molecular weight excluding hydrogens is 350 g/mol. The van der Waals surface area contributed by atoms with Gasteiger partial charge in [-0.25, -0.2) is 9.78 Å². The van der Waals surface area contributed by atoms with E-state index >= 15 is 0 Å². The predicted molar refractivity (Wildman–Crippen MR) is 98.2 cm³/mol. The van der Waals surface area contributed by atoms with Crippen LogP contribution in [-0.2, 0) is 9.53 Å². The minimum atomic E-state index is -0.468. The van der Waals surface area contributed by atoms with Crippen molar-refractivity contribution >= 4 is 23.0 Å². The summed E-state index contributed by atoms with van der Waals surface area (Å²) in [5.41, 5.74) is 7.20. The summed E-state index contributed by atoms with van der Waals surface area (Å²) in [5.74, 6) is 0.283. The van der Waals surface area contributed by atoms with Crippen molar-refractivity contribution in [2.75, 3.05) is 26.1 Å². The van der Waals surface area contributed by atoms with Crippen molar-refractivity contribution in [2.24, 2.45) is 0 Å². The van der Waals surface area contributed by atoms with E-state index in [1.807, 2.05) is 0 Å². The van der Waals surface area contributed by atoms with Gasteiger partial charge < -0.3 is 19.9 Å². The van der Waals surface area contributed by atoms with Crippen molar-refractivity contribution in [1.82, 2.24) is 9.38 Å². The molecule has 0 bridgehead atoms. The monoisotopic (exact) mass is 369 g/mol. The Hall–Kier alpha value is -3.55. The second-order valence-corrected chi connectivity index (χ2v) is 5.59.